The summed E-state index contributed by atoms with van der Waals surface area (Å²) >= 11 is 0. The highest BCUT2D eigenvalue weighted by Crippen LogP contribution is 2.22. The number of rotatable bonds is 9. The number of ether oxygens (including phenoxy) is 3. The average Bonchev–Trinajstić information content (AvgIpc) is 2.85. The zero-order valence-corrected chi connectivity index (χ0v) is 17.7. The third-order valence-electron chi connectivity index (χ3n) is 4.55. The summed E-state index contributed by atoms with van der Waals surface area (Å²) in [5, 5.41) is 0. The summed E-state index contributed by atoms with van der Waals surface area (Å²) in [5.41, 5.74) is 2.45. The molecule has 0 aliphatic heterocycles. The van der Waals surface area contributed by atoms with Crippen LogP contribution in [0, 0.1) is 0 Å². The zero-order chi connectivity index (χ0) is 22.6. The summed E-state index contributed by atoms with van der Waals surface area (Å²) < 4.78 is 16.1. The quantitative estimate of drug-likeness (QED) is 0.344. The fourth-order valence-corrected chi connectivity index (χ4v) is 2.86. The maximum Gasteiger partial charge on any atom is 0.331 e. The van der Waals surface area contributed by atoms with Crippen LogP contribution >= 0.6 is 0 Å². The van der Waals surface area contributed by atoms with E-state index in [0.29, 0.717) is 11.3 Å². The SMILES string of the molecule is COc1ccc([C@@H](COC(=O)C=Cc2ccccc2)OC(=O)/C=C/c2ccccc2)cc1. The van der Waals surface area contributed by atoms with Gasteiger partial charge >= 0.3 is 11.9 Å². The van der Waals surface area contributed by atoms with Crippen LogP contribution in [0.1, 0.15) is 22.8 Å². The predicted molar refractivity (Wildman–Crippen MR) is 124 cm³/mol. The van der Waals surface area contributed by atoms with Crippen molar-refractivity contribution < 1.29 is 23.8 Å². The molecule has 0 saturated carbocycles. The number of methoxy groups -OCH3 is 1. The molecule has 0 N–H and O–H groups in total. The Hall–Kier alpha value is -4.12. The normalized spacial score (nSPS) is 11.9. The van der Waals surface area contributed by atoms with Crippen molar-refractivity contribution in [2.75, 3.05) is 13.7 Å². The van der Waals surface area contributed by atoms with Crippen LogP contribution in [0.4, 0.5) is 0 Å². The first kappa shape index (κ1) is 22.6. The molecule has 162 valence electrons. The summed E-state index contributed by atoms with van der Waals surface area (Å²) in [5.74, 6) is -0.389. The highest BCUT2D eigenvalue weighted by Gasteiger charge is 2.18. The van der Waals surface area contributed by atoms with Gasteiger partial charge in [-0.15, -0.1) is 0 Å². The van der Waals surface area contributed by atoms with Crippen molar-refractivity contribution in [1.29, 1.82) is 0 Å². The van der Waals surface area contributed by atoms with E-state index in [1.165, 1.54) is 12.2 Å². The molecule has 0 radical (unpaired) electrons. The summed E-state index contributed by atoms with van der Waals surface area (Å²) in [6, 6.07) is 25.9. The Morgan fingerprint density at radius 2 is 1.28 bits per heavy atom. The predicted octanol–water partition coefficient (Wildman–Crippen LogP) is 5.25. The van der Waals surface area contributed by atoms with E-state index < -0.39 is 18.0 Å². The van der Waals surface area contributed by atoms with E-state index in [1.54, 1.807) is 43.5 Å². The minimum absolute atomic E-state index is 0.116. The minimum Gasteiger partial charge on any atom is -0.497 e. The van der Waals surface area contributed by atoms with E-state index >= 15 is 0 Å². The molecule has 1 atom stereocenters. The van der Waals surface area contributed by atoms with E-state index in [2.05, 4.69) is 0 Å². The topological polar surface area (TPSA) is 61.8 Å². The molecule has 0 amide bonds. The molecule has 32 heavy (non-hydrogen) atoms. The lowest BCUT2D eigenvalue weighted by molar-refractivity contribution is -0.153. The van der Waals surface area contributed by atoms with Crippen molar-refractivity contribution in [2.24, 2.45) is 0 Å². The number of carbonyl (C=O) groups excluding carboxylic acids is 2. The molecular weight excluding hydrogens is 404 g/mol. The van der Waals surface area contributed by atoms with Gasteiger partial charge in [0.2, 0.25) is 0 Å². The van der Waals surface area contributed by atoms with Crippen molar-refractivity contribution in [3.8, 4) is 5.75 Å². The molecule has 0 bridgehead atoms. The van der Waals surface area contributed by atoms with Crippen LogP contribution < -0.4 is 4.74 Å². The Morgan fingerprint density at radius 1 is 0.750 bits per heavy atom. The Labute approximate surface area is 187 Å². The van der Waals surface area contributed by atoms with E-state index in [-0.39, 0.29) is 6.61 Å². The van der Waals surface area contributed by atoms with Crippen molar-refractivity contribution >= 4 is 24.1 Å². The van der Waals surface area contributed by atoms with Gasteiger partial charge < -0.3 is 14.2 Å². The largest absolute Gasteiger partial charge is 0.497 e. The van der Waals surface area contributed by atoms with Gasteiger partial charge in [-0.2, -0.15) is 0 Å². The second kappa shape index (κ2) is 11.9. The second-order valence-electron chi connectivity index (χ2n) is 6.82. The number of esters is 2. The lowest BCUT2D eigenvalue weighted by Crippen LogP contribution is -2.17. The third-order valence-corrected chi connectivity index (χ3v) is 4.55. The first-order valence-corrected chi connectivity index (χ1v) is 10.1. The third kappa shape index (κ3) is 7.29. The molecule has 0 unspecified atom stereocenters. The van der Waals surface area contributed by atoms with Gasteiger partial charge in [-0.3, -0.25) is 0 Å². The van der Waals surface area contributed by atoms with Crippen LogP contribution in [0.25, 0.3) is 12.2 Å². The minimum atomic E-state index is -0.761. The van der Waals surface area contributed by atoms with Gasteiger partial charge in [0.15, 0.2) is 6.10 Å². The van der Waals surface area contributed by atoms with Crippen LogP contribution in [0.3, 0.4) is 0 Å². The van der Waals surface area contributed by atoms with Gasteiger partial charge in [-0.05, 0) is 41.0 Å². The Kier molecular flexibility index (Phi) is 8.40. The van der Waals surface area contributed by atoms with E-state index in [0.717, 1.165) is 11.1 Å². The Morgan fingerprint density at radius 3 is 1.81 bits per heavy atom. The first-order valence-electron chi connectivity index (χ1n) is 10.1. The fraction of sp³-hybridized carbons (Fsp3) is 0.111. The van der Waals surface area contributed by atoms with Gasteiger partial charge in [-0.1, -0.05) is 72.8 Å². The maximum absolute atomic E-state index is 12.4. The van der Waals surface area contributed by atoms with Crippen molar-refractivity contribution in [1.82, 2.24) is 0 Å². The molecule has 0 heterocycles. The molecule has 0 aromatic heterocycles. The fourth-order valence-electron chi connectivity index (χ4n) is 2.86. The molecule has 0 aliphatic carbocycles. The van der Waals surface area contributed by atoms with Crippen molar-refractivity contribution in [3.63, 3.8) is 0 Å². The van der Waals surface area contributed by atoms with Crippen molar-refractivity contribution in [3.05, 3.63) is 114 Å². The number of carbonyl (C=O) groups is 2. The van der Waals surface area contributed by atoms with Gasteiger partial charge in [0.05, 0.1) is 7.11 Å². The molecule has 0 spiro atoms. The monoisotopic (exact) mass is 428 g/mol. The molecule has 5 nitrogen and oxygen atoms in total. The zero-order valence-electron chi connectivity index (χ0n) is 17.7. The lowest BCUT2D eigenvalue weighted by Gasteiger charge is -2.17. The molecule has 3 aromatic carbocycles. The standard InChI is InChI=1S/C27H24O5/c1-30-24-16-14-23(15-17-24)25(32-27(29)19-13-22-10-6-3-7-11-22)20-31-26(28)18-12-21-8-4-2-5-9-21/h2-19,25H,20H2,1H3/b18-12?,19-13+/t25-/m1/s1. The van der Waals surface area contributed by atoms with Crippen LogP contribution in [-0.2, 0) is 19.1 Å². The van der Waals surface area contributed by atoms with Crippen molar-refractivity contribution in [2.45, 2.75) is 6.10 Å². The molecule has 5 heteroatoms. The van der Waals surface area contributed by atoms with E-state index in [1.807, 2.05) is 60.7 Å². The van der Waals surface area contributed by atoms with E-state index in [4.69, 9.17) is 14.2 Å². The molecule has 0 saturated heterocycles. The maximum atomic E-state index is 12.4. The first-order chi connectivity index (χ1) is 15.6. The van der Waals surface area contributed by atoms with Crippen LogP contribution in [0.15, 0.2) is 97.1 Å². The van der Waals surface area contributed by atoms with Gasteiger partial charge in [0.25, 0.3) is 0 Å². The van der Waals surface area contributed by atoms with E-state index in [9.17, 15) is 9.59 Å². The van der Waals surface area contributed by atoms with Crippen LogP contribution in [0.5, 0.6) is 5.75 Å². The average molecular weight is 428 g/mol. The summed E-state index contributed by atoms with van der Waals surface area (Å²) in [6.45, 7) is -0.116. The number of hydrogen-bond acceptors (Lipinski definition) is 5. The summed E-state index contributed by atoms with van der Waals surface area (Å²) in [7, 11) is 1.57. The molecule has 3 aromatic rings. The summed E-state index contributed by atoms with van der Waals surface area (Å²) in [6.07, 6.45) is 5.27. The van der Waals surface area contributed by atoms with Gasteiger partial charge in [-0.25, -0.2) is 9.59 Å². The van der Waals surface area contributed by atoms with Gasteiger partial charge in [0, 0.05) is 12.2 Å². The lowest BCUT2D eigenvalue weighted by atomic mass is 10.1. The molecule has 3 rings (SSSR count). The Balaban J connectivity index is 1.66. The highest BCUT2D eigenvalue weighted by atomic mass is 16.6. The second-order valence-corrected chi connectivity index (χ2v) is 6.82. The smallest absolute Gasteiger partial charge is 0.331 e. The Bertz CT molecular complexity index is 1050. The number of hydrogen-bond donors (Lipinski definition) is 0. The van der Waals surface area contributed by atoms with Crippen LogP contribution in [-0.4, -0.2) is 25.7 Å². The molecule has 0 fully saturated rings. The summed E-state index contributed by atoms with van der Waals surface area (Å²) in [4.78, 5) is 24.6. The number of benzene rings is 3. The molecular formula is C27H24O5. The van der Waals surface area contributed by atoms with Gasteiger partial charge in [0.1, 0.15) is 12.4 Å². The van der Waals surface area contributed by atoms with Crippen LogP contribution in [0.2, 0.25) is 0 Å². The highest BCUT2D eigenvalue weighted by molar-refractivity contribution is 5.88. The molecule has 0 aliphatic rings.